The summed E-state index contributed by atoms with van der Waals surface area (Å²) in [5.41, 5.74) is 0. The van der Waals surface area contributed by atoms with Crippen LogP contribution in [0.25, 0.3) is 0 Å². The lowest BCUT2D eigenvalue weighted by atomic mass is 10.3. The molecule has 0 saturated carbocycles. The summed E-state index contributed by atoms with van der Waals surface area (Å²) in [6, 6.07) is 0.614. The van der Waals surface area contributed by atoms with Gasteiger partial charge in [-0.1, -0.05) is 0 Å². The molecule has 0 radical (unpaired) electrons. The maximum absolute atomic E-state index is 3.40. The van der Waals surface area contributed by atoms with Crippen LogP contribution in [0.15, 0.2) is 0 Å². The lowest BCUT2D eigenvalue weighted by Gasteiger charge is -2.09. The first-order chi connectivity index (χ1) is 5.31. The molecule has 0 amide bonds. The van der Waals surface area contributed by atoms with Crippen LogP contribution < -0.4 is 5.32 Å². The second-order valence-electron chi connectivity index (χ2n) is 2.49. The molecular weight excluding hydrogens is 154 g/mol. The van der Waals surface area contributed by atoms with E-state index in [9.17, 15) is 0 Å². The monoisotopic (exact) mass is 171 g/mol. The van der Waals surface area contributed by atoms with Gasteiger partial charge in [-0.3, -0.25) is 0 Å². The second kappa shape index (κ2) is 7.97. The van der Waals surface area contributed by atoms with Crippen LogP contribution in [0.5, 0.6) is 0 Å². The van der Waals surface area contributed by atoms with E-state index in [0.717, 1.165) is 13.0 Å². The average Bonchev–Trinajstić information content (AvgIpc) is 1.99. The average molecular weight is 171 g/mol. The minimum absolute atomic E-state index is 0.614. The third-order valence-corrected chi connectivity index (χ3v) is 2.17. The summed E-state index contributed by atoms with van der Waals surface area (Å²) in [5, 5.41) is 3.40. The molecule has 0 heterocycles. The predicted molar refractivity (Wildman–Crippen MR) is 53.9 cm³/mol. The Hall–Kier alpha value is -0.130. The van der Waals surface area contributed by atoms with Crippen molar-refractivity contribution in [2.24, 2.45) is 0 Å². The van der Waals surface area contributed by atoms with E-state index in [4.69, 9.17) is 0 Å². The molecule has 1 atom stereocenters. The summed E-state index contributed by atoms with van der Waals surface area (Å²) in [7, 11) is 0. The van der Waals surface area contributed by atoms with E-state index in [0.29, 0.717) is 6.04 Å². The van der Waals surface area contributed by atoms with Crippen LogP contribution in [0, 0.1) is 11.8 Å². The molecule has 0 aromatic heterocycles. The highest BCUT2D eigenvalue weighted by Gasteiger charge is 1.96. The van der Waals surface area contributed by atoms with Crippen LogP contribution >= 0.6 is 11.8 Å². The van der Waals surface area contributed by atoms with Gasteiger partial charge in [-0.2, -0.15) is 11.8 Å². The Kier molecular flexibility index (Phi) is 7.88. The van der Waals surface area contributed by atoms with Crippen LogP contribution in [0.2, 0.25) is 0 Å². The molecule has 0 fully saturated rings. The van der Waals surface area contributed by atoms with E-state index in [1.165, 1.54) is 5.75 Å². The molecule has 2 heteroatoms. The third kappa shape index (κ3) is 7.77. The van der Waals surface area contributed by atoms with Crippen molar-refractivity contribution >= 4 is 11.8 Å². The highest BCUT2D eigenvalue weighted by molar-refractivity contribution is 7.98. The molecule has 0 aliphatic carbocycles. The highest BCUT2D eigenvalue weighted by atomic mass is 32.2. The highest BCUT2D eigenvalue weighted by Crippen LogP contribution is 1.95. The summed E-state index contributed by atoms with van der Waals surface area (Å²) in [6.07, 6.45) is 3.10. The molecule has 0 aromatic carbocycles. The lowest BCUT2D eigenvalue weighted by Crippen LogP contribution is -2.28. The van der Waals surface area contributed by atoms with E-state index < -0.39 is 0 Å². The molecule has 0 aromatic rings. The van der Waals surface area contributed by atoms with Gasteiger partial charge in [-0.15, -0.1) is 11.8 Å². The molecule has 11 heavy (non-hydrogen) atoms. The van der Waals surface area contributed by atoms with Gasteiger partial charge in [-0.05, 0) is 20.1 Å². The quantitative estimate of drug-likeness (QED) is 0.499. The largest absolute Gasteiger partial charge is 0.312 e. The first-order valence-corrected chi connectivity index (χ1v) is 5.32. The fraction of sp³-hybridized carbons (Fsp3) is 0.778. The molecule has 0 aliphatic heterocycles. The Balaban J connectivity index is 3.14. The maximum atomic E-state index is 3.40. The zero-order chi connectivity index (χ0) is 8.53. The van der Waals surface area contributed by atoms with E-state index in [2.05, 4.69) is 30.3 Å². The van der Waals surface area contributed by atoms with E-state index >= 15 is 0 Å². The summed E-state index contributed by atoms with van der Waals surface area (Å²) in [6.45, 7) is 5.10. The molecule has 1 N–H and O–H groups in total. The molecule has 0 aliphatic rings. The zero-order valence-electron chi connectivity index (χ0n) is 7.61. The van der Waals surface area contributed by atoms with Crippen LogP contribution in [0.3, 0.4) is 0 Å². The molecule has 0 rings (SSSR count). The SMILES string of the molecule is CC#CCCNC(C)CSC. The fourth-order valence-electron chi connectivity index (χ4n) is 0.815. The van der Waals surface area contributed by atoms with Gasteiger partial charge in [-0.25, -0.2) is 0 Å². The van der Waals surface area contributed by atoms with Crippen molar-refractivity contribution in [3.05, 3.63) is 0 Å². The van der Waals surface area contributed by atoms with Crippen LogP contribution in [-0.4, -0.2) is 24.6 Å². The maximum Gasteiger partial charge on any atom is 0.0214 e. The van der Waals surface area contributed by atoms with Gasteiger partial charge in [0.05, 0.1) is 0 Å². The minimum Gasteiger partial charge on any atom is -0.312 e. The van der Waals surface area contributed by atoms with E-state index in [-0.39, 0.29) is 0 Å². The van der Waals surface area contributed by atoms with Crippen molar-refractivity contribution in [1.29, 1.82) is 0 Å². The molecule has 64 valence electrons. The molecule has 1 unspecified atom stereocenters. The first-order valence-electron chi connectivity index (χ1n) is 3.93. The van der Waals surface area contributed by atoms with Crippen molar-refractivity contribution in [3.63, 3.8) is 0 Å². The zero-order valence-corrected chi connectivity index (χ0v) is 8.42. The molecular formula is C9H17NS. The molecule has 1 nitrogen and oxygen atoms in total. The normalized spacial score (nSPS) is 11.9. The lowest BCUT2D eigenvalue weighted by molar-refractivity contribution is 0.605. The molecule has 0 spiro atoms. The van der Waals surface area contributed by atoms with Crippen molar-refractivity contribution in [3.8, 4) is 11.8 Å². The standard InChI is InChI=1S/C9H17NS/c1-4-5-6-7-10-9(2)8-11-3/h9-10H,6-8H2,1-3H3. The van der Waals surface area contributed by atoms with Gasteiger partial charge in [0.1, 0.15) is 0 Å². The van der Waals surface area contributed by atoms with Crippen LogP contribution in [-0.2, 0) is 0 Å². The predicted octanol–water partition coefficient (Wildman–Crippen LogP) is 1.74. The van der Waals surface area contributed by atoms with Crippen LogP contribution in [0.1, 0.15) is 20.3 Å². The Bertz CT molecular complexity index is 134. The van der Waals surface area contributed by atoms with Gasteiger partial charge in [0.25, 0.3) is 0 Å². The number of nitrogens with one attached hydrogen (secondary N) is 1. The van der Waals surface area contributed by atoms with Gasteiger partial charge < -0.3 is 5.32 Å². The smallest absolute Gasteiger partial charge is 0.0214 e. The Morgan fingerprint density at radius 1 is 1.55 bits per heavy atom. The van der Waals surface area contributed by atoms with Gasteiger partial charge in [0.2, 0.25) is 0 Å². The minimum atomic E-state index is 0.614. The summed E-state index contributed by atoms with van der Waals surface area (Å²) < 4.78 is 0. The fourth-order valence-corrected chi connectivity index (χ4v) is 1.43. The second-order valence-corrected chi connectivity index (χ2v) is 3.40. The third-order valence-electron chi connectivity index (χ3n) is 1.34. The number of hydrogen-bond acceptors (Lipinski definition) is 2. The summed E-state index contributed by atoms with van der Waals surface area (Å²) in [5.74, 6) is 7.08. The van der Waals surface area contributed by atoms with Gasteiger partial charge >= 0.3 is 0 Å². The van der Waals surface area contributed by atoms with Crippen molar-refractivity contribution in [2.45, 2.75) is 26.3 Å². The molecule has 0 saturated heterocycles. The summed E-state index contributed by atoms with van der Waals surface area (Å²) >= 11 is 1.87. The Morgan fingerprint density at radius 2 is 2.27 bits per heavy atom. The number of hydrogen-bond donors (Lipinski definition) is 1. The molecule has 0 bridgehead atoms. The number of rotatable bonds is 5. The first kappa shape index (κ1) is 10.9. The van der Waals surface area contributed by atoms with Gasteiger partial charge in [0.15, 0.2) is 0 Å². The van der Waals surface area contributed by atoms with Crippen molar-refractivity contribution in [1.82, 2.24) is 5.32 Å². The Morgan fingerprint density at radius 3 is 2.82 bits per heavy atom. The van der Waals surface area contributed by atoms with E-state index in [1.807, 2.05) is 18.7 Å². The van der Waals surface area contributed by atoms with Gasteiger partial charge in [0, 0.05) is 24.8 Å². The van der Waals surface area contributed by atoms with Crippen LogP contribution in [0.4, 0.5) is 0 Å². The van der Waals surface area contributed by atoms with E-state index in [1.54, 1.807) is 0 Å². The van der Waals surface area contributed by atoms with Crippen molar-refractivity contribution < 1.29 is 0 Å². The Labute approximate surface area is 74.3 Å². The topological polar surface area (TPSA) is 12.0 Å². The summed E-state index contributed by atoms with van der Waals surface area (Å²) in [4.78, 5) is 0. The number of thioether (sulfide) groups is 1. The van der Waals surface area contributed by atoms with Crippen molar-refractivity contribution in [2.75, 3.05) is 18.6 Å².